The van der Waals surface area contributed by atoms with Crippen LogP contribution in [0.5, 0.6) is 0 Å². The van der Waals surface area contributed by atoms with Gasteiger partial charge in [-0.15, -0.1) is 10.2 Å². The van der Waals surface area contributed by atoms with Crippen molar-refractivity contribution in [1.29, 1.82) is 0 Å². The van der Waals surface area contributed by atoms with E-state index in [1.54, 1.807) is 7.05 Å². The Hall–Kier alpha value is -1.75. The Kier molecular flexibility index (Phi) is 2.63. The van der Waals surface area contributed by atoms with Crippen molar-refractivity contribution in [2.24, 2.45) is 12.8 Å². The molecule has 18 heavy (non-hydrogen) atoms. The predicted octanol–water partition coefficient (Wildman–Crippen LogP) is 0.639. The van der Waals surface area contributed by atoms with Gasteiger partial charge in [0.25, 0.3) is 0 Å². The molecule has 0 spiro atoms. The van der Waals surface area contributed by atoms with Gasteiger partial charge in [-0.05, 0) is 35.6 Å². The van der Waals surface area contributed by atoms with Gasteiger partial charge in [0.1, 0.15) is 0 Å². The third kappa shape index (κ3) is 2.13. The summed E-state index contributed by atoms with van der Waals surface area (Å²) in [5.74, 6) is 0.736. The Morgan fingerprint density at radius 1 is 1.33 bits per heavy atom. The lowest BCUT2D eigenvalue weighted by Gasteiger charge is -2.33. The highest BCUT2D eigenvalue weighted by molar-refractivity contribution is 5.32. The SMILES string of the molecule is Cn1nnc(CC2(N)CCc3ccccc3C2)n1. The Morgan fingerprint density at radius 2 is 2.11 bits per heavy atom. The first-order valence-corrected chi connectivity index (χ1v) is 6.23. The Labute approximate surface area is 106 Å². The van der Waals surface area contributed by atoms with Gasteiger partial charge in [0.2, 0.25) is 0 Å². The van der Waals surface area contributed by atoms with Crippen molar-refractivity contribution in [1.82, 2.24) is 20.2 Å². The smallest absolute Gasteiger partial charge is 0.176 e. The average Bonchev–Trinajstić information content (AvgIpc) is 2.74. The number of nitrogens with two attached hydrogens (primary N) is 1. The lowest BCUT2D eigenvalue weighted by Crippen LogP contribution is -2.47. The standard InChI is InChI=1S/C13H17N5/c1-18-16-12(15-17-18)9-13(14)7-6-10-4-2-3-5-11(10)8-13/h2-5H,6-9,14H2,1H3. The number of aryl methyl sites for hydroxylation is 2. The molecule has 1 aromatic carbocycles. The molecule has 1 aliphatic rings. The summed E-state index contributed by atoms with van der Waals surface area (Å²) in [6.07, 6.45) is 3.59. The lowest BCUT2D eigenvalue weighted by molar-refractivity contribution is 0.362. The van der Waals surface area contributed by atoms with Crippen LogP contribution in [0.25, 0.3) is 0 Å². The largest absolute Gasteiger partial charge is 0.324 e. The number of hydrogen-bond acceptors (Lipinski definition) is 4. The van der Waals surface area contributed by atoms with Crippen molar-refractivity contribution in [3.63, 3.8) is 0 Å². The molecule has 1 unspecified atom stereocenters. The topological polar surface area (TPSA) is 69.6 Å². The van der Waals surface area contributed by atoms with E-state index in [1.807, 2.05) is 0 Å². The molecule has 1 heterocycles. The Balaban J connectivity index is 1.81. The quantitative estimate of drug-likeness (QED) is 0.840. The molecule has 2 aromatic rings. The van der Waals surface area contributed by atoms with Crippen LogP contribution in [0.15, 0.2) is 24.3 Å². The van der Waals surface area contributed by atoms with Crippen LogP contribution < -0.4 is 5.73 Å². The van der Waals surface area contributed by atoms with Crippen LogP contribution in [-0.4, -0.2) is 25.7 Å². The van der Waals surface area contributed by atoms with Gasteiger partial charge in [-0.25, -0.2) is 0 Å². The molecule has 5 nitrogen and oxygen atoms in total. The van der Waals surface area contributed by atoms with Crippen LogP contribution in [0.2, 0.25) is 0 Å². The highest BCUT2D eigenvalue weighted by Gasteiger charge is 2.31. The number of nitrogens with zero attached hydrogens (tertiary/aromatic N) is 4. The minimum Gasteiger partial charge on any atom is -0.324 e. The van der Waals surface area contributed by atoms with Gasteiger partial charge >= 0.3 is 0 Å². The summed E-state index contributed by atoms with van der Waals surface area (Å²) >= 11 is 0. The molecule has 2 N–H and O–H groups in total. The second-order valence-electron chi connectivity index (χ2n) is 5.18. The van der Waals surface area contributed by atoms with E-state index in [9.17, 15) is 0 Å². The van der Waals surface area contributed by atoms with Crippen molar-refractivity contribution in [2.75, 3.05) is 0 Å². The summed E-state index contributed by atoms with van der Waals surface area (Å²) in [5.41, 5.74) is 9.04. The molecule has 1 atom stereocenters. The monoisotopic (exact) mass is 243 g/mol. The molecule has 0 saturated carbocycles. The van der Waals surface area contributed by atoms with Crippen molar-refractivity contribution in [3.05, 3.63) is 41.2 Å². The first-order chi connectivity index (χ1) is 8.65. The molecule has 3 rings (SSSR count). The number of hydrogen-bond donors (Lipinski definition) is 1. The predicted molar refractivity (Wildman–Crippen MR) is 67.9 cm³/mol. The van der Waals surface area contributed by atoms with Crippen LogP contribution in [-0.2, 0) is 26.3 Å². The summed E-state index contributed by atoms with van der Waals surface area (Å²) in [6.45, 7) is 0. The Morgan fingerprint density at radius 3 is 2.83 bits per heavy atom. The third-order valence-electron chi connectivity index (χ3n) is 3.61. The first-order valence-electron chi connectivity index (χ1n) is 6.23. The number of aromatic nitrogens is 4. The maximum atomic E-state index is 6.50. The Bertz CT molecular complexity index is 562. The first kappa shape index (κ1) is 11.3. The zero-order valence-corrected chi connectivity index (χ0v) is 10.5. The van der Waals surface area contributed by atoms with Gasteiger partial charge in [0.05, 0.1) is 7.05 Å². The van der Waals surface area contributed by atoms with E-state index >= 15 is 0 Å². The van der Waals surface area contributed by atoms with Crippen molar-refractivity contribution >= 4 is 0 Å². The third-order valence-corrected chi connectivity index (χ3v) is 3.61. The molecule has 1 aliphatic carbocycles. The zero-order valence-electron chi connectivity index (χ0n) is 10.5. The molecule has 0 bridgehead atoms. The highest BCUT2D eigenvalue weighted by atomic mass is 15.6. The van der Waals surface area contributed by atoms with Gasteiger partial charge in [0.15, 0.2) is 5.82 Å². The van der Waals surface area contributed by atoms with E-state index in [0.29, 0.717) is 6.42 Å². The van der Waals surface area contributed by atoms with Crippen LogP contribution in [0, 0.1) is 0 Å². The second-order valence-corrected chi connectivity index (χ2v) is 5.18. The van der Waals surface area contributed by atoms with E-state index < -0.39 is 0 Å². The molecular weight excluding hydrogens is 226 g/mol. The van der Waals surface area contributed by atoms with E-state index in [1.165, 1.54) is 15.9 Å². The molecule has 0 radical (unpaired) electrons. The van der Waals surface area contributed by atoms with Crippen LogP contribution in [0.4, 0.5) is 0 Å². The fraction of sp³-hybridized carbons (Fsp3) is 0.462. The van der Waals surface area contributed by atoms with Crippen LogP contribution in [0.3, 0.4) is 0 Å². The number of tetrazole rings is 1. The van der Waals surface area contributed by atoms with Gasteiger partial charge in [-0.3, -0.25) is 0 Å². The van der Waals surface area contributed by atoms with Crippen LogP contribution in [0.1, 0.15) is 23.4 Å². The summed E-state index contributed by atoms with van der Waals surface area (Å²) in [5, 5.41) is 12.1. The van der Waals surface area contributed by atoms with Gasteiger partial charge in [0, 0.05) is 12.0 Å². The summed E-state index contributed by atoms with van der Waals surface area (Å²) in [6, 6.07) is 8.52. The van der Waals surface area contributed by atoms with Gasteiger partial charge in [-0.2, -0.15) is 4.80 Å². The molecule has 0 fully saturated rings. The average molecular weight is 243 g/mol. The minimum absolute atomic E-state index is 0.239. The van der Waals surface area contributed by atoms with Crippen LogP contribution >= 0.6 is 0 Å². The van der Waals surface area contributed by atoms with Gasteiger partial charge in [-0.1, -0.05) is 24.3 Å². The molecule has 5 heteroatoms. The summed E-state index contributed by atoms with van der Waals surface area (Å²) in [4.78, 5) is 1.48. The molecule has 0 aliphatic heterocycles. The van der Waals surface area contributed by atoms with E-state index in [4.69, 9.17) is 5.73 Å². The second kappa shape index (κ2) is 4.17. The molecular formula is C13H17N5. The van der Waals surface area contributed by atoms with E-state index in [2.05, 4.69) is 39.7 Å². The lowest BCUT2D eigenvalue weighted by atomic mass is 9.76. The van der Waals surface area contributed by atoms with Crippen molar-refractivity contribution in [2.45, 2.75) is 31.2 Å². The van der Waals surface area contributed by atoms with Crippen molar-refractivity contribution in [3.8, 4) is 0 Å². The maximum Gasteiger partial charge on any atom is 0.176 e. The summed E-state index contributed by atoms with van der Waals surface area (Å²) in [7, 11) is 1.77. The zero-order chi connectivity index (χ0) is 12.6. The maximum absolute atomic E-state index is 6.50. The minimum atomic E-state index is -0.239. The summed E-state index contributed by atoms with van der Waals surface area (Å²) < 4.78 is 0. The number of rotatable bonds is 2. The van der Waals surface area contributed by atoms with E-state index in [-0.39, 0.29) is 5.54 Å². The molecule has 0 amide bonds. The molecule has 94 valence electrons. The highest BCUT2D eigenvalue weighted by Crippen LogP contribution is 2.28. The van der Waals surface area contributed by atoms with Crippen molar-refractivity contribution < 1.29 is 0 Å². The normalized spacial score (nSPS) is 22.8. The molecule has 1 aromatic heterocycles. The van der Waals surface area contributed by atoms with E-state index in [0.717, 1.165) is 25.1 Å². The van der Waals surface area contributed by atoms with Gasteiger partial charge < -0.3 is 5.73 Å². The number of benzene rings is 1. The fourth-order valence-corrected chi connectivity index (χ4v) is 2.69. The fourth-order valence-electron chi connectivity index (χ4n) is 2.69. The number of fused-ring (bicyclic) bond motifs is 1. The molecule has 0 saturated heterocycles.